The Morgan fingerprint density at radius 1 is 1.15 bits per heavy atom. The second kappa shape index (κ2) is 8.22. The number of anilines is 1. The van der Waals surface area contributed by atoms with Crippen molar-refractivity contribution >= 4 is 28.5 Å². The maximum atomic E-state index is 12.3. The molecule has 0 fully saturated rings. The Hall–Kier alpha value is -3.55. The van der Waals surface area contributed by atoms with Crippen LogP contribution in [0.2, 0.25) is 0 Å². The van der Waals surface area contributed by atoms with Gasteiger partial charge in [-0.05, 0) is 36.2 Å². The number of aryl methyl sites for hydroxylation is 1. The number of hydrogen-bond acceptors (Lipinski definition) is 6. The van der Waals surface area contributed by atoms with E-state index in [2.05, 4.69) is 15.6 Å². The zero-order valence-electron chi connectivity index (χ0n) is 14.7. The molecule has 3 aromatic rings. The molecule has 0 radical (unpaired) electrons. The van der Waals surface area contributed by atoms with Gasteiger partial charge in [0.25, 0.3) is 11.5 Å². The quantitative estimate of drug-likeness (QED) is 0.664. The molecule has 1 amide bonds. The lowest BCUT2D eigenvalue weighted by molar-refractivity contribution is -0.148. The maximum Gasteiger partial charge on any atom is 0.328 e. The molecule has 0 unspecified atom stereocenters. The molecule has 0 aliphatic heterocycles. The number of aromatic nitrogens is 3. The Labute approximate surface area is 154 Å². The van der Waals surface area contributed by atoms with Crippen LogP contribution in [-0.2, 0) is 27.3 Å². The van der Waals surface area contributed by atoms with Gasteiger partial charge in [0, 0.05) is 5.69 Å². The number of nitrogens with one attached hydrogen (secondary N) is 1. The van der Waals surface area contributed by atoms with Crippen molar-refractivity contribution in [3.05, 3.63) is 64.4 Å². The Morgan fingerprint density at radius 3 is 2.78 bits per heavy atom. The molecular weight excluding hydrogens is 348 g/mol. The first kappa shape index (κ1) is 18.2. The minimum Gasteiger partial charge on any atom is -0.454 e. The van der Waals surface area contributed by atoms with E-state index < -0.39 is 30.6 Å². The molecule has 1 N–H and O–H groups in total. The molecule has 0 aliphatic carbocycles. The summed E-state index contributed by atoms with van der Waals surface area (Å²) in [5, 5.41) is 10.6. The van der Waals surface area contributed by atoms with Gasteiger partial charge in [0.1, 0.15) is 12.1 Å². The third-order valence-corrected chi connectivity index (χ3v) is 3.89. The van der Waals surface area contributed by atoms with Gasteiger partial charge < -0.3 is 10.1 Å². The molecular formula is C19H18N4O4. The Balaban J connectivity index is 1.57. The second-order valence-corrected chi connectivity index (χ2v) is 5.83. The average Bonchev–Trinajstić information content (AvgIpc) is 2.69. The van der Waals surface area contributed by atoms with Crippen molar-refractivity contribution in [1.82, 2.24) is 15.0 Å². The van der Waals surface area contributed by atoms with Gasteiger partial charge in [0.2, 0.25) is 0 Å². The van der Waals surface area contributed by atoms with E-state index in [1.165, 1.54) is 0 Å². The van der Waals surface area contributed by atoms with Crippen molar-refractivity contribution < 1.29 is 14.3 Å². The van der Waals surface area contributed by atoms with E-state index in [1.807, 2.05) is 25.1 Å². The van der Waals surface area contributed by atoms with Gasteiger partial charge in [-0.1, -0.05) is 36.4 Å². The van der Waals surface area contributed by atoms with Crippen molar-refractivity contribution in [3.63, 3.8) is 0 Å². The maximum absolute atomic E-state index is 12.3. The number of carbonyl (C=O) groups excluding carboxylic acids is 2. The Bertz CT molecular complexity index is 1050. The molecule has 27 heavy (non-hydrogen) atoms. The van der Waals surface area contributed by atoms with Gasteiger partial charge in [0.15, 0.2) is 6.61 Å². The molecule has 0 bridgehead atoms. The van der Waals surface area contributed by atoms with Gasteiger partial charge in [-0.25, -0.2) is 0 Å². The summed E-state index contributed by atoms with van der Waals surface area (Å²) >= 11 is 0. The van der Waals surface area contributed by atoms with Crippen molar-refractivity contribution in [2.45, 2.75) is 19.9 Å². The van der Waals surface area contributed by atoms with Crippen molar-refractivity contribution in [2.75, 3.05) is 11.9 Å². The van der Waals surface area contributed by atoms with Gasteiger partial charge >= 0.3 is 5.97 Å². The van der Waals surface area contributed by atoms with E-state index in [-0.39, 0.29) is 0 Å². The van der Waals surface area contributed by atoms with Crippen LogP contribution in [-0.4, -0.2) is 33.5 Å². The summed E-state index contributed by atoms with van der Waals surface area (Å²) < 4.78 is 5.84. The number of esters is 1. The molecule has 1 aromatic heterocycles. The highest BCUT2D eigenvalue weighted by atomic mass is 16.5. The first-order valence-electron chi connectivity index (χ1n) is 8.44. The highest BCUT2D eigenvalue weighted by Gasteiger charge is 2.12. The smallest absolute Gasteiger partial charge is 0.328 e. The van der Waals surface area contributed by atoms with Crippen LogP contribution in [0.25, 0.3) is 10.9 Å². The number of rotatable bonds is 6. The van der Waals surface area contributed by atoms with Gasteiger partial charge in [-0.2, -0.15) is 4.68 Å². The van der Waals surface area contributed by atoms with Crippen LogP contribution in [0.5, 0.6) is 0 Å². The van der Waals surface area contributed by atoms with E-state index in [9.17, 15) is 14.4 Å². The highest BCUT2D eigenvalue weighted by Crippen LogP contribution is 2.11. The molecule has 138 valence electrons. The fraction of sp³-hybridized carbons (Fsp3) is 0.211. The summed E-state index contributed by atoms with van der Waals surface area (Å²) in [6.45, 7) is 1.14. The number of fused-ring (bicyclic) bond motifs is 1. The van der Waals surface area contributed by atoms with Crippen molar-refractivity contribution in [1.29, 1.82) is 0 Å². The number of nitrogens with zero attached hydrogens (tertiary/aromatic N) is 3. The SMILES string of the molecule is CCc1cccc(NC(=O)COC(=O)Cn2nnc3ccccc3c2=O)c1. The summed E-state index contributed by atoms with van der Waals surface area (Å²) in [7, 11) is 0. The summed E-state index contributed by atoms with van der Waals surface area (Å²) in [6.07, 6.45) is 0.847. The van der Waals surface area contributed by atoms with Crippen LogP contribution < -0.4 is 10.9 Å². The highest BCUT2D eigenvalue weighted by molar-refractivity contribution is 5.92. The van der Waals surface area contributed by atoms with E-state index in [4.69, 9.17) is 4.74 Å². The van der Waals surface area contributed by atoms with Crippen LogP contribution in [0.15, 0.2) is 53.3 Å². The van der Waals surface area contributed by atoms with E-state index in [0.29, 0.717) is 16.6 Å². The van der Waals surface area contributed by atoms with Crippen LogP contribution in [0.1, 0.15) is 12.5 Å². The first-order chi connectivity index (χ1) is 13.1. The van der Waals surface area contributed by atoms with Crippen LogP contribution >= 0.6 is 0 Å². The second-order valence-electron chi connectivity index (χ2n) is 5.83. The molecule has 0 saturated carbocycles. The summed E-state index contributed by atoms with van der Waals surface area (Å²) in [5.41, 5.74) is 1.71. The molecule has 1 heterocycles. The monoisotopic (exact) mass is 366 g/mol. The third kappa shape index (κ3) is 4.55. The van der Waals surface area contributed by atoms with Gasteiger partial charge in [0.05, 0.1) is 5.39 Å². The molecule has 0 aliphatic rings. The third-order valence-electron chi connectivity index (χ3n) is 3.89. The first-order valence-corrected chi connectivity index (χ1v) is 8.44. The summed E-state index contributed by atoms with van der Waals surface area (Å²) in [6, 6.07) is 14.1. The lowest BCUT2D eigenvalue weighted by Gasteiger charge is -2.08. The largest absolute Gasteiger partial charge is 0.454 e. The normalized spacial score (nSPS) is 10.6. The summed E-state index contributed by atoms with van der Waals surface area (Å²) in [5.74, 6) is -1.22. The van der Waals surface area contributed by atoms with Crippen molar-refractivity contribution in [2.24, 2.45) is 0 Å². The van der Waals surface area contributed by atoms with Gasteiger partial charge in [-0.15, -0.1) is 5.10 Å². The number of ether oxygens (including phenoxy) is 1. The standard InChI is InChI=1S/C19H18N4O4/c1-2-13-6-5-7-14(10-13)20-17(24)12-27-18(25)11-23-19(26)15-8-3-4-9-16(15)21-22-23/h3-10H,2,11-12H2,1H3,(H,20,24). The predicted octanol–water partition coefficient (Wildman–Crippen LogP) is 1.54. The lowest BCUT2D eigenvalue weighted by atomic mass is 10.1. The number of benzene rings is 2. The number of amides is 1. The minimum absolute atomic E-state index is 0.355. The fourth-order valence-electron chi connectivity index (χ4n) is 2.51. The topological polar surface area (TPSA) is 103 Å². The van der Waals surface area contributed by atoms with E-state index >= 15 is 0 Å². The lowest BCUT2D eigenvalue weighted by Crippen LogP contribution is -2.30. The van der Waals surface area contributed by atoms with E-state index in [1.54, 1.807) is 30.3 Å². The Morgan fingerprint density at radius 2 is 1.96 bits per heavy atom. The molecule has 2 aromatic carbocycles. The average molecular weight is 366 g/mol. The fourth-order valence-corrected chi connectivity index (χ4v) is 2.51. The van der Waals surface area contributed by atoms with Crippen LogP contribution in [0.3, 0.4) is 0 Å². The molecule has 0 saturated heterocycles. The van der Waals surface area contributed by atoms with Crippen molar-refractivity contribution in [3.8, 4) is 0 Å². The number of hydrogen-bond donors (Lipinski definition) is 1. The van der Waals surface area contributed by atoms with Gasteiger partial charge in [-0.3, -0.25) is 14.4 Å². The molecule has 3 rings (SSSR count). The van der Waals surface area contributed by atoms with Crippen LogP contribution in [0.4, 0.5) is 5.69 Å². The zero-order valence-corrected chi connectivity index (χ0v) is 14.7. The Kier molecular flexibility index (Phi) is 5.55. The predicted molar refractivity (Wildman–Crippen MR) is 99.2 cm³/mol. The molecule has 8 nitrogen and oxygen atoms in total. The van der Waals surface area contributed by atoms with E-state index in [0.717, 1.165) is 16.7 Å². The molecule has 0 atom stereocenters. The molecule has 8 heteroatoms. The summed E-state index contributed by atoms with van der Waals surface area (Å²) in [4.78, 5) is 36.1. The minimum atomic E-state index is -0.751. The molecule has 0 spiro atoms. The number of carbonyl (C=O) groups is 2. The zero-order chi connectivity index (χ0) is 19.2. The van der Waals surface area contributed by atoms with Crippen LogP contribution in [0, 0.1) is 0 Å².